The first-order valence-corrected chi connectivity index (χ1v) is 5.54. The quantitative estimate of drug-likeness (QED) is 0.723. The smallest absolute Gasteiger partial charge is 0.328 e. The first kappa shape index (κ1) is 14.9. The Balaban J connectivity index is 2.63. The molecule has 1 aromatic carbocycles. The molecule has 1 aromatic rings. The number of nitrogens with zero attached hydrogens (tertiary/aromatic N) is 1. The molecule has 1 rings (SSSR count). The van der Waals surface area contributed by atoms with Gasteiger partial charge in [0.05, 0.1) is 6.61 Å². The molecule has 2 amide bonds. The predicted octanol–water partition coefficient (Wildman–Crippen LogP) is 0.413. The van der Waals surface area contributed by atoms with Crippen LogP contribution in [-0.4, -0.2) is 46.8 Å². The highest BCUT2D eigenvalue weighted by Crippen LogP contribution is 2.08. The van der Waals surface area contributed by atoms with Crippen molar-refractivity contribution in [2.45, 2.75) is 12.6 Å². The molecule has 0 saturated carbocycles. The third-order valence-electron chi connectivity index (χ3n) is 2.49. The monoisotopic (exact) mass is 270 g/mol. The Kier molecular flexibility index (Phi) is 5.25. The zero-order valence-corrected chi connectivity index (χ0v) is 10.3. The Bertz CT molecular complexity index is 467. The minimum atomic E-state index is -1.38. The van der Waals surface area contributed by atoms with E-state index >= 15 is 0 Å². The molecule has 19 heavy (non-hydrogen) atoms. The molecular weight excluding hydrogens is 255 g/mol. The maximum Gasteiger partial charge on any atom is 0.328 e. The van der Waals surface area contributed by atoms with Crippen molar-refractivity contribution in [3.8, 4) is 0 Å². The van der Waals surface area contributed by atoms with E-state index < -0.39 is 30.5 Å². The molecule has 6 nitrogen and oxygen atoms in total. The summed E-state index contributed by atoms with van der Waals surface area (Å²) in [5.74, 6) is -1.78. The number of amides is 2. The van der Waals surface area contributed by atoms with Crippen LogP contribution in [0.1, 0.15) is 5.56 Å². The van der Waals surface area contributed by atoms with Gasteiger partial charge < -0.3 is 20.4 Å². The summed E-state index contributed by atoms with van der Waals surface area (Å²) in [6, 6.07) is 3.89. The van der Waals surface area contributed by atoms with Crippen LogP contribution in [0.3, 0.4) is 0 Å². The van der Waals surface area contributed by atoms with Gasteiger partial charge in [0.2, 0.25) is 0 Å². The van der Waals surface area contributed by atoms with Gasteiger partial charge in [0.15, 0.2) is 6.04 Å². The minimum Gasteiger partial charge on any atom is -0.480 e. The lowest BCUT2D eigenvalue weighted by Crippen LogP contribution is -2.48. The van der Waals surface area contributed by atoms with Crippen molar-refractivity contribution in [3.05, 3.63) is 35.6 Å². The average molecular weight is 270 g/mol. The van der Waals surface area contributed by atoms with Gasteiger partial charge >= 0.3 is 12.0 Å². The van der Waals surface area contributed by atoms with Crippen molar-refractivity contribution in [1.29, 1.82) is 0 Å². The number of hydrogen-bond acceptors (Lipinski definition) is 3. The highest BCUT2D eigenvalue weighted by molar-refractivity contribution is 5.82. The third kappa shape index (κ3) is 4.22. The van der Waals surface area contributed by atoms with Crippen molar-refractivity contribution in [3.63, 3.8) is 0 Å². The zero-order valence-electron chi connectivity index (χ0n) is 10.3. The van der Waals surface area contributed by atoms with E-state index in [0.717, 1.165) is 4.90 Å². The number of hydrogen-bond donors (Lipinski definition) is 3. The van der Waals surface area contributed by atoms with E-state index in [0.29, 0.717) is 5.56 Å². The van der Waals surface area contributed by atoms with Crippen LogP contribution in [-0.2, 0) is 11.3 Å². The second-order valence-corrected chi connectivity index (χ2v) is 3.97. The number of carboxylic acid groups (broad SMARTS) is 1. The summed E-state index contributed by atoms with van der Waals surface area (Å²) in [5.41, 5.74) is 0.316. The number of nitrogens with one attached hydrogen (secondary N) is 1. The SMILES string of the molecule is CN(Cc1ccccc1F)C(=O)NC(CO)C(=O)O. The van der Waals surface area contributed by atoms with Crippen LogP contribution in [0.2, 0.25) is 0 Å². The number of aliphatic hydroxyl groups is 1. The summed E-state index contributed by atoms with van der Waals surface area (Å²) in [4.78, 5) is 23.4. The number of carboxylic acids is 1. The van der Waals surface area contributed by atoms with Gasteiger partial charge in [0, 0.05) is 19.2 Å². The normalized spacial score (nSPS) is 11.7. The van der Waals surface area contributed by atoms with Crippen LogP contribution in [0.25, 0.3) is 0 Å². The van der Waals surface area contributed by atoms with E-state index in [9.17, 15) is 14.0 Å². The largest absolute Gasteiger partial charge is 0.480 e. The Hall–Kier alpha value is -2.15. The van der Waals surface area contributed by atoms with Crippen molar-refractivity contribution >= 4 is 12.0 Å². The number of halogens is 1. The molecule has 0 spiro atoms. The van der Waals surface area contributed by atoms with Gasteiger partial charge in [-0.2, -0.15) is 0 Å². The number of aliphatic hydroxyl groups excluding tert-OH is 1. The molecule has 0 bridgehead atoms. The van der Waals surface area contributed by atoms with E-state index in [1.807, 2.05) is 0 Å². The number of carbonyl (C=O) groups excluding carboxylic acids is 1. The zero-order chi connectivity index (χ0) is 14.4. The molecule has 1 atom stereocenters. The van der Waals surface area contributed by atoms with E-state index in [1.54, 1.807) is 6.07 Å². The number of rotatable bonds is 5. The average Bonchev–Trinajstić information content (AvgIpc) is 2.37. The molecule has 0 fully saturated rings. The maximum absolute atomic E-state index is 13.4. The van der Waals surface area contributed by atoms with E-state index in [-0.39, 0.29) is 6.54 Å². The van der Waals surface area contributed by atoms with Crippen LogP contribution in [0.4, 0.5) is 9.18 Å². The Morgan fingerprint density at radius 2 is 2.05 bits per heavy atom. The first-order valence-electron chi connectivity index (χ1n) is 5.54. The van der Waals surface area contributed by atoms with Gasteiger partial charge in [0.1, 0.15) is 5.82 Å². The van der Waals surface area contributed by atoms with E-state index in [2.05, 4.69) is 5.32 Å². The highest BCUT2D eigenvalue weighted by atomic mass is 19.1. The van der Waals surface area contributed by atoms with E-state index in [4.69, 9.17) is 10.2 Å². The molecule has 0 saturated heterocycles. The molecule has 3 N–H and O–H groups in total. The predicted molar refractivity (Wildman–Crippen MR) is 64.9 cm³/mol. The molecule has 104 valence electrons. The van der Waals surface area contributed by atoms with Crippen molar-refractivity contribution < 1.29 is 24.2 Å². The van der Waals surface area contributed by atoms with Crippen LogP contribution >= 0.6 is 0 Å². The van der Waals surface area contributed by atoms with Crippen molar-refractivity contribution in [1.82, 2.24) is 10.2 Å². The molecular formula is C12H15FN2O4. The summed E-state index contributed by atoms with van der Waals surface area (Å²) in [5, 5.41) is 19.6. The van der Waals surface area contributed by atoms with Crippen LogP contribution in [0.5, 0.6) is 0 Å². The number of urea groups is 1. The molecule has 0 aliphatic heterocycles. The lowest BCUT2D eigenvalue weighted by Gasteiger charge is -2.20. The van der Waals surface area contributed by atoms with Crippen LogP contribution in [0, 0.1) is 5.82 Å². The minimum absolute atomic E-state index is 0.00370. The molecule has 7 heteroatoms. The van der Waals surface area contributed by atoms with Gasteiger partial charge in [-0.3, -0.25) is 0 Å². The highest BCUT2D eigenvalue weighted by Gasteiger charge is 2.21. The fourth-order valence-corrected chi connectivity index (χ4v) is 1.40. The van der Waals surface area contributed by atoms with Gasteiger partial charge in [0.25, 0.3) is 0 Å². The maximum atomic E-state index is 13.4. The second kappa shape index (κ2) is 6.69. The van der Waals surface area contributed by atoms with Crippen LogP contribution in [0.15, 0.2) is 24.3 Å². The second-order valence-electron chi connectivity index (χ2n) is 3.97. The van der Waals surface area contributed by atoms with Gasteiger partial charge in [-0.15, -0.1) is 0 Å². The van der Waals surface area contributed by atoms with Gasteiger partial charge in [-0.05, 0) is 6.07 Å². The number of aliphatic carboxylic acids is 1. The molecule has 0 radical (unpaired) electrons. The van der Waals surface area contributed by atoms with E-state index in [1.165, 1.54) is 25.2 Å². The summed E-state index contributed by atoms with van der Waals surface area (Å²) >= 11 is 0. The van der Waals surface area contributed by atoms with Gasteiger partial charge in [-0.1, -0.05) is 18.2 Å². The lowest BCUT2D eigenvalue weighted by molar-refractivity contribution is -0.140. The fraction of sp³-hybridized carbons (Fsp3) is 0.333. The summed E-state index contributed by atoms with van der Waals surface area (Å²) in [7, 11) is 1.40. The fourth-order valence-electron chi connectivity index (χ4n) is 1.40. The Morgan fingerprint density at radius 3 is 2.58 bits per heavy atom. The van der Waals surface area contributed by atoms with Gasteiger partial charge in [-0.25, -0.2) is 14.0 Å². The molecule has 0 heterocycles. The summed E-state index contributed by atoms with van der Waals surface area (Å²) in [6.45, 7) is -0.717. The standard InChI is InChI=1S/C12H15FN2O4/c1-15(6-8-4-2-3-5-9(8)13)12(19)14-10(7-16)11(17)18/h2-5,10,16H,6-7H2,1H3,(H,14,19)(H,17,18). The van der Waals surface area contributed by atoms with Crippen molar-refractivity contribution in [2.75, 3.05) is 13.7 Å². The summed E-state index contributed by atoms with van der Waals surface area (Å²) in [6.07, 6.45) is 0. The Morgan fingerprint density at radius 1 is 1.42 bits per heavy atom. The lowest BCUT2D eigenvalue weighted by atomic mass is 10.2. The van der Waals surface area contributed by atoms with Crippen molar-refractivity contribution in [2.24, 2.45) is 0 Å². The number of carbonyl (C=O) groups is 2. The Labute approximate surface area is 109 Å². The van der Waals surface area contributed by atoms with Crippen LogP contribution < -0.4 is 5.32 Å². The molecule has 0 aliphatic carbocycles. The topological polar surface area (TPSA) is 89.9 Å². The summed E-state index contributed by atoms with van der Waals surface area (Å²) < 4.78 is 13.4. The molecule has 1 unspecified atom stereocenters. The molecule has 0 aliphatic rings. The molecule has 0 aromatic heterocycles. The first-order chi connectivity index (χ1) is 8.95. The third-order valence-corrected chi connectivity index (χ3v) is 2.49. The number of benzene rings is 1.